The van der Waals surface area contributed by atoms with Crippen LogP contribution in [0, 0.1) is 11.6 Å². The lowest BCUT2D eigenvalue weighted by molar-refractivity contribution is 0.0984. The topological polar surface area (TPSA) is 20.3 Å². The van der Waals surface area contributed by atoms with Gasteiger partial charge in [0.25, 0.3) is 5.91 Å². The first-order valence-corrected chi connectivity index (χ1v) is 6.91. The third-order valence-electron chi connectivity index (χ3n) is 3.36. The van der Waals surface area contributed by atoms with E-state index in [-0.39, 0.29) is 5.56 Å². The first kappa shape index (κ1) is 13.2. The molecule has 3 rings (SSSR count). The van der Waals surface area contributed by atoms with Gasteiger partial charge in [-0.15, -0.1) is 0 Å². The second kappa shape index (κ2) is 4.98. The quantitative estimate of drug-likeness (QED) is 0.772. The van der Waals surface area contributed by atoms with Gasteiger partial charge in [0.05, 0.1) is 11.3 Å². The molecule has 0 spiro atoms. The molecule has 0 aromatic heterocycles. The van der Waals surface area contributed by atoms with Crippen LogP contribution in [0.2, 0.25) is 0 Å². The fourth-order valence-corrected chi connectivity index (χ4v) is 2.91. The minimum absolute atomic E-state index is 0.0235. The van der Waals surface area contributed by atoms with Crippen LogP contribution < -0.4 is 4.90 Å². The molecule has 0 radical (unpaired) electrons. The monoisotopic (exact) mass is 337 g/mol. The standard InChI is InChI=1S/C15H10BrF2NO/c16-11-2-1-3-12(18)14(11)15(20)19-7-6-9-4-5-10(17)8-13(9)19/h1-5,8H,6-7H2. The Balaban J connectivity index is 2.04. The highest BCUT2D eigenvalue weighted by Gasteiger charge is 2.28. The average Bonchev–Trinajstić information content (AvgIpc) is 2.81. The highest BCUT2D eigenvalue weighted by atomic mass is 79.9. The minimum atomic E-state index is -0.589. The Kier molecular flexibility index (Phi) is 3.30. The lowest BCUT2D eigenvalue weighted by Gasteiger charge is -2.18. The van der Waals surface area contributed by atoms with Crippen molar-refractivity contribution in [1.82, 2.24) is 0 Å². The van der Waals surface area contributed by atoms with Gasteiger partial charge in [-0.3, -0.25) is 4.79 Å². The molecule has 20 heavy (non-hydrogen) atoms. The molecule has 2 aromatic rings. The van der Waals surface area contributed by atoms with Crippen LogP contribution in [0.1, 0.15) is 15.9 Å². The second-order valence-electron chi connectivity index (χ2n) is 4.58. The van der Waals surface area contributed by atoms with Crippen LogP contribution in [0.5, 0.6) is 0 Å². The van der Waals surface area contributed by atoms with Crippen molar-refractivity contribution >= 4 is 27.5 Å². The van der Waals surface area contributed by atoms with E-state index in [1.54, 1.807) is 12.1 Å². The predicted molar refractivity (Wildman–Crippen MR) is 75.9 cm³/mol. The van der Waals surface area contributed by atoms with Crippen LogP contribution in [-0.4, -0.2) is 12.5 Å². The molecular formula is C15H10BrF2NO. The Morgan fingerprint density at radius 1 is 1.20 bits per heavy atom. The molecule has 0 saturated heterocycles. The fourth-order valence-electron chi connectivity index (χ4n) is 2.40. The molecule has 1 aliphatic rings. The van der Waals surface area contributed by atoms with Gasteiger partial charge in [0, 0.05) is 11.0 Å². The van der Waals surface area contributed by atoms with Gasteiger partial charge in [-0.2, -0.15) is 0 Å². The number of carbonyl (C=O) groups excluding carboxylic acids is 1. The maximum atomic E-state index is 13.9. The molecule has 2 aromatic carbocycles. The Labute approximate surface area is 123 Å². The van der Waals surface area contributed by atoms with Crippen molar-refractivity contribution in [3.8, 4) is 0 Å². The molecule has 0 fully saturated rings. The molecule has 1 amide bonds. The van der Waals surface area contributed by atoms with E-state index in [1.165, 1.54) is 29.2 Å². The summed E-state index contributed by atoms with van der Waals surface area (Å²) < 4.78 is 27.6. The fraction of sp³-hybridized carbons (Fsp3) is 0.133. The molecule has 0 saturated carbocycles. The number of fused-ring (bicyclic) bond motifs is 1. The van der Waals surface area contributed by atoms with E-state index in [0.717, 1.165) is 5.56 Å². The Morgan fingerprint density at radius 3 is 2.75 bits per heavy atom. The SMILES string of the molecule is O=C(c1c(F)cccc1Br)N1CCc2ccc(F)cc21. The van der Waals surface area contributed by atoms with Crippen LogP contribution in [0.4, 0.5) is 14.5 Å². The van der Waals surface area contributed by atoms with E-state index in [1.807, 2.05) is 0 Å². The summed E-state index contributed by atoms with van der Waals surface area (Å²) in [5, 5.41) is 0. The van der Waals surface area contributed by atoms with Gasteiger partial charge in [0.1, 0.15) is 11.6 Å². The number of carbonyl (C=O) groups is 1. The van der Waals surface area contributed by atoms with Crippen molar-refractivity contribution in [2.24, 2.45) is 0 Å². The van der Waals surface area contributed by atoms with Crippen molar-refractivity contribution in [2.45, 2.75) is 6.42 Å². The minimum Gasteiger partial charge on any atom is -0.308 e. The van der Waals surface area contributed by atoms with Crippen LogP contribution in [-0.2, 0) is 6.42 Å². The molecule has 1 aliphatic heterocycles. The molecule has 1 heterocycles. The third kappa shape index (κ3) is 2.12. The Bertz CT molecular complexity index is 682. The first-order valence-electron chi connectivity index (χ1n) is 6.12. The summed E-state index contributed by atoms with van der Waals surface area (Å²) in [5.74, 6) is -1.45. The molecule has 5 heteroatoms. The van der Waals surface area contributed by atoms with Crippen molar-refractivity contribution in [2.75, 3.05) is 11.4 Å². The highest BCUT2D eigenvalue weighted by molar-refractivity contribution is 9.10. The van der Waals surface area contributed by atoms with Gasteiger partial charge in [0.2, 0.25) is 0 Å². The molecule has 0 unspecified atom stereocenters. The summed E-state index contributed by atoms with van der Waals surface area (Å²) in [7, 11) is 0. The largest absolute Gasteiger partial charge is 0.308 e. The maximum Gasteiger partial charge on any atom is 0.262 e. The van der Waals surface area contributed by atoms with Crippen LogP contribution >= 0.6 is 15.9 Å². The lowest BCUT2D eigenvalue weighted by Crippen LogP contribution is -2.30. The van der Waals surface area contributed by atoms with Crippen LogP contribution in [0.15, 0.2) is 40.9 Å². The summed E-state index contributed by atoms with van der Waals surface area (Å²) in [6, 6.07) is 8.71. The van der Waals surface area contributed by atoms with Crippen molar-refractivity contribution in [3.05, 3.63) is 63.6 Å². The molecule has 102 valence electrons. The van der Waals surface area contributed by atoms with E-state index < -0.39 is 17.5 Å². The van der Waals surface area contributed by atoms with Gasteiger partial charge < -0.3 is 4.90 Å². The third-order valence-corrected chi connectivity index (χ3v) is 4.03. The lowest BCUT2D eigenvalue weighted by atomic mass is 10.1. The number of rotatable bonds is 1. The predicted octanol–water partition coefficient (Wildman–Crippen LogP) is 3.93. The van der Waals surface area contributed by atoms with Crippen molar-refractivity contribution in [3.63, 3.8) is 0 Å². The van der Waals surface area contributed by atoms with E-state index in [2.05, 4.69) is 15.9 Å². The van der Waals surface area contributed by atoms with Gasteiger partial charge in [0.15, 0.2) is 0 Å². The zero-order valence-electron chi connectivity index (χ0n) is 10.4. The van der Waals surface area contributed by atoms with Gasteiger partial charge in [-0.05, 0) is 52.2 Å². The number of amides is 1. The van der Waals surface area contributed by atoms with Crippen molar-refractivity contribution < 1.29 is 13.6 Å². The van der Waals surface area contributed by atoms with E-state index >= 15 is 0 Å². The number of benzene rings is 2. The normalized spacial score (nSPS) is 13.4. The molecule has 0 atom stereocenters. The summed E-state index contributed by atoms with van der Waals surface area (Å²) in [4.78, 5) is 13.9. The highest BCUT2D eigenvalue weighted by Crippen LogP contribution is 2.32. The average molecular weight is 338 g/mol. The summed E-state index contributed by atoms with van der Waals surface area (Å²) in [6.45, 7) is 0.429. The number of halogens is 3. The van der Waals surface area contributed by atoms with Crippen LogP contribution in [0.3, 0.4) is 0 Å². The zero-order chi connectivity index (χ0) is 14.3. The first-order chi connectivity index (χ1) is 9.58. The second-order valence-corrected chi connectivity index (χ2v) is 5.43. The zero-order valence-corrected chi connectivity index (χ0v) is 12.0. The number of anilines is 1. The molecule has 0 bridgehead atoms. The maximum absolute atomic E-state index is 13.9. The van der Waals surface area contributed by atoms with Crippen LogP contribution in [0.25, 0.3) is 0 Å². The number of nitrogens with zero attached hydrogens (tertiary/aromatic N) is 1. The van der Waals surface area contributed by atoms with E-state index in [4.69, 9.17) is 0 Å². The summed E-state index contributed by atoms with van der Waals surface area (Å²) >= 11 is 3.19. The van der Waals surface area contributed by atoms with E-state index in [9.17, 15) is 13.6 Å². The van der Waals surface area contributed by atoms with Gasteiger partial charge >= 0.3 is 0 Å². The van der Waals surface area contributed by atoms with Gasteiger partial charge in [-0.1, -0.05) is 12.1 Å². The molecule has 0 aliphatic carbocycles. The summed E-state index contributed by atoms with van der Waals surface area (Å²) in [5.41, 5.74) is 1.39. The molecular weight excluding hydrogens is 328 g/mol. The number of hydrogen-bond acceptors (Lipinski definition) is 1. The Morgan fingerprint density at radius 2 is 2.00 bits per heavy atom. The molecule has 2 nitrogen and oxygen atoms in total. The smallest absolute Gasteiger partial charge is 0.262 e. The summed E-state index contributed by atoms with van der Waals surface area (Å²) in [6.07, 6.45) is 0.646. The number of hydrogen-bond donors (Lipinski definition) is 0. The Hall–Kier alpha value is -1.75. The van der Waals surface area contributed by atoms with Gasteiger partial charge in [-0.25, -0.2) is 8.78 Å². The van der Waals surface area contributed by atoms with Crippen molar-refractivity contribution in [1.29, 1.82) is 0 Å². The molecule has 0 N–H and O–H groups in total. The van der Waals surface area contributed by atoms with E-state index in [0.29, 0.717) is 23.1 Å².